The first-order valence-electron chi connectivity index (χ1n) is 7.36. The van der Waals surface area contributed by atoms with Gasteiger partial charge in [0.2, 0.25) is 0 Å². The van der Waals surface area contributed by atoms with Crippen molar-refractivity contribution in [2.75, 3.05) is 5.73 Å². The fourth-order valence-electron chi connectivity index (χ4n) is 2.52. The monoisotopic (exact) mass is 374 g/mol. The Morgan fingerprint density at radius 2 is 1.81 bits per heavy atom. The Bertz CT molecular complexity index is 958. The van der Waals surface area contributed by atoms with Crippen LogP contribution in [-0.4, -0.2) is 20.5 Å². The van der Waals surface area contributed by atoms with Gasteiger partial charge in [0.1, 0.15) is 0 Å². The van der Waals surface area contributed by atoms with E-state index in [1.54, 1.807) is 0 Å². The number of halogens is 6. The lowest BCUT2D eigenvalue weighted by Gasteiger charge is -2.16. The predicted octanol–water partition coefficient (Wildman–Crippen LogP) is 4.66. The number of nitrogens with zero attached hydrogens (tertiary/aromatic N) is 3. The summed E-state index contributed by atoms with van der Waals surface area (Å²) in [5, 5.41) is 0. The fourth-order valence-corrected chi connectivity index (χ4v) is 2.52. The van der Waals surface area contributed by atoms with E-state index >= 15 is 0 Å². The van der Waals surface area contributed by atoms with Gasteiger partial charge in [-0.15, -0.1) is 0 Å². The van der Waals surface area contributed by atoms with Crippen LogP contribution in [-0.2, 0) is 6.18 Å². The lowest BCUT2D eigenvalue weighted by molar-refractivity contribution is -0.146. The molecule has 3 aromatic rings. The van der Waals surface area contributed by atoms with Gasteiger partial charge in [0.25, 0.3) is 0 Å². The van der Waals surface area contributed by atoms with Crippen LogP contribution in [0.3, 0.4) is 0 Å². The van der Waals surface area contributed by atoms with Crippen molar-refractivity contribution in [3.8, 4) is 11.3 Å². The van der Waals surface area contributed by atoms with E-state index in [4.69, 9.17) is 5.73 Å². The van der Waals surface area contributed by atoms with Crippen molar-refractivity contribution in [2.45, 2.75) is 25.2 Å². The highest BCUT2D eigenvalue weighted by Gasteiger charge is 2.37. The average molecular weight is 374 g/mol. The summed E-state index contributed by atoms with van der Waals surface area (Å²) in [6.45, 7) is 1.01. The van der Waals surface area contributed by atoms with Crippen LogP contribution in [0, 0.1) is 0 Å². The number of hydrogen-bond acceptors (Lipinski definition) is 3. The van der Waals surface area contributed by atoms with Crippen LogP contribution in [0.2, 0.25) is 0 Å². The molecule has 0 aliphatic heterocycles. The zero-order valence-corrected chi connectivity index (χ0v) is 13.2. The normalized spacial score (nSPS) is 14.0. The second-order valence-electron chi connectivity index (χ2n) is 5.73. The first-order chi connectivity index (χ1) is 12.0. The van der Waals surface area contributed by atoms with Crippen LogP contribution in [0.4, 0.5) is 32.2 Å². The summed E-state index contributed by atoms with van der Waals surface area (Å²) in [7, 11) is 0. The highest BCUT2D eigenvalue weighted by Crippen LogP contribution is 2.36. The SMILES string of the molecule is CC(c1cccc(-c2cnc3c(N)nc(C(F)(F)F)cn23)c1)C(F)(F)F. The molecule has 10 heteroatoms. The molecular formula is C16H12F6N4. The second-order valence-corrected chi connectivity index (χ2v) is 5.73. The van der Waals surface area contributed by atoms with Gasteiger partial charge >= 0.3 is 12.4 Å². The maximum absolute atomic E-state index is 13.0. The molecule has 2 heterocycles. The van der Waals surface area contributed by atoms with Crippen molar-refractivity contribution in [3.63, 3.8) is 0 Å². The Morgan fingerprint density at radius 1 is 1.12 bits per heavy atom. The van der Waals surface area contributed by atoms with Crippen LogP contribution in [0.25, 0.3) is 16.9 Å². The Balaban J connectivity index is 2.16. The summed E-state index contributed by atoms with van der Waals surface area (Å²) in [5.74, 6) is -2.15. The van der Waals surface area contributed by atoms with E-state index in [1.165, 1.54) is 30.5 Å². The number of benzene rings is 1. The number of anilines is 1. The molecule has 2 aromatic heterocycles. The Kier molecular flexibility index (Phi) is 4.08. The van der Waals surface area contributed by atoms with Crippen molar-refractivity contribution in [1.82, 2.24) is 14.4 Å². The molecule has 0 bridgehead atoms. The average Bonchev–Trinajstić information content (AvgIpc) is 2.97. The molecule has 2 N–H and O–H groups in total. The molecule has 1 aromatic carbocycles. The van der Waals surface area contributed by atoms with E-state index in [9.17, 15) is 26.3 Å². The van der Waals surface area contributed by atoms with Gasteiger partial charge in [-0.3, -0.25) is 4.40 Å². The lowest BCUT2D eigenvalue weighted by Crippen LogP contribution is -2.17. The number of fused-ring (bicyclic) bond motifs is 1. The van der Waals surface area contributed by atoms with Crippen LogP contribution in [0.1, 0.15) is 24.1 Å². The molecule has 3 rings (SSSR count). The summed E-state index contributed by atoms with van der Waals surface area (Å²) in [6, 6.07) is 5.47. The molecule has 0 fully saturated rings. The maximum atomic E-state index is 13.0. The third-order valence-corrected chi connectivity index (χ3v) is 3.98. The summed E-state index contributed by atoms with van der Waals surface area (Å²) in [6.07, 6.45) is -7.20. The van der Waals surface area contributed by atoms with Gasteiger partial charge in [0, 0.05) is 11.8 Å². The first-order valence-corrected chi connectivity index (χ1v) is 7.36. The Labute approximate surface area is 143 Å². The molecule has 0 spiro atoms. The summed E-state index contributed by atoms with van der Waals surface area (Å²) in [4.78, 5) is 7.21. The number of rotatable bonds is 2. The van der Waals surface area contributed by atoms with Gasteiger partial charge in [-0.25, -0.2) is 9.97 Å². The minimum atomic E-state index is -4.73. The molecule has 1 atom stereocenters. The van der Waals surface area contributed by atoms with Crippen molar-refractivity contribution >= 4 is 11.5 Å². The van der Waals surface area contributed by atoms with Crippen LogP contribution in [0.5, 0.6) is 0 Å². The zero-order valence-electron chi connectivity index (χ0n) is 13.2. The molecule has 138 valence electrons. The Morgan fingerprint density at radius 3 is 2.42 bits per heavy atom. The zero-order chi connectivity index (χ0) is 19.3. The molecule has 0 aliphatic carbocycles. The molecule has 1 unspecified atom stereocenters. The molecule has 0 radical (unpaired) electrons. The van der Waals surface area contributed by atoms with E-state index in [2.05, 4.69) is 9.97 Å². The molecule has 0 amide bonds. The number of imidazole rings is 1. The summed E-state index contributed by atoms with van der Waals surface area (Å²) < 4.78 is 78.7. The first kappa shape index (κ1) is 18.0. The van der Waals surface area contributed by atoms with E-state index in [-0.39, 0.29) is 22.5 Å². The molecule has 0 saturated heterocycles. The third kappa shape index (κ3) is 3.18. The van der Waals surface area contributed by atoms with Gasteiger partial charge in [-0.2, -0.15) is 26.3 Å². The van der Waals surface area contributed by atoms with Crippen molar-refractivity contribution in [1.29, 1.82) is 0 Å². The largest absolute Gasteiger partial charge is 0.434 e. The third-order valence-electron chi connectivity index (χ3n) is 3.98. The smallest absolute Gasteiger partial charge is 0.381 e. The number of aromatic nitrogens is 3. The maximum Gasteiger partial charge on any atom is 0.434 e. The molecule has 4 nitrogen and oxygen atoms in total. The van der Waals surface area contributed by atoms with Crippen LogP contribution >= 0.6 is 0 Å². The van der Waals surface area contributed by atoms with Gasteiger partial charge < -0.3 is 5.73 Å². The Hall–Kier alpha value is -2.78. The molecule has 26 heavy (non-hydrogen) atoms. The minimum absolute atomic E-state index is 0.0111. The number of nitrogen functional groups attached to an aromatic ring is 1. The number of hydrogen-bond donors (Lipinski definition) is 1. The fraction of sp³-hybridized carbons (Fsp3) is 0.250. The van der Waals surface area contributed by atoms with Crippen LogP contribution in [0.15, 0.2) is 36.7 Å². The molecular weight excluding hydrogens is 362 g/mol. The second kappa shape index (κ2) is 5.89. The van der Waals surface area contributed by atoms with Crippen LogP contribution < -0.4 is 5.73 Å². The predicted molar refractivity (Wildman–Crippen MR) is 82.3 cm³/mol. The highest BCUT2D eigenvalue weighted by molar-refractivity contribution is 5.70. The van der Waals surface area contributed by atoms with Gasteiger partial charge in [0.15, 0.2) is 17.2 Å². The lowest BCUT2D eigenvalue weighted by atomic mass is 9.98. The van der Waals surface area contributed by atoms with E-state index in [1.807, 2.05) is 0 Å². The van der Waals surface area contributed by atoms with Gasteiger partial charge in [-0.1, -0.05) is 18.2 Å². The van der Waals surface area contributed by atoms with E-state index in [0.29, 0.717) is 6.20 Å². The summed E-state index contributed by atoms with van der Waals surface area (Å²) >= 11 is 0. The van der Waals surface area contributed by atoms with Gasteiger partial charge in [-0.05, 0) is 18.6 Å². The molecule has 0 saturated carbocycles. The van der Waals surface area contributed by atoms with E-state index in [0.717, 1.165) is 11.3 Å². The topological polar surface area (TPSA) is 56.2 Å². The number of nitrogens with two attached hydrogens (primary N) is 1. The standard InChI is InChI=1S/C16H12F6N4/c1-8(15(17,18)19)9-3-2-4-10(5-9)11-6-24-14-13(23)25-12(7-26(11)14)16(20,21)22/h2-8H,1H3,(H2,23,25). The van der Waals surface area contributed by atoms with E-state index < -0.39 is 29.8 Å². The van der Waals surface area contributed by atoms with Crippen molar-refractivity contribution in [2.24, 2.45) is 0 Å². The van der Waals surface area contributed by atoms with Crippen molar-refractivity contribution < 1.29 is 26.3 Å². The van der Waals surface area contributed by atoms with Gasteiger partial charge in [0.05, 0.1) is 17.8 Å². The quantitative estimate of drug-likeness (QED) is 0.664. The minimum Gasteiger partial charge on any atom is -0.381 e. The van der Waals surface area contributed by atoms with Crippen molar-refractivity contribution in [3.05, 3.63) is 47.9 Å². The highest BCUT2D eigenvalue weighted by atomic mass is 19.4. The number of alkyl halides is 6. The summed E-state index contributed by atoms with van der Waals surface area (Å²) in [5.41, 5.74) is 4.75. The molecule has 0 aliphatic rings.